The van der Waals surface area contributed by atoms with Crippen molar-refractivity contribution >= 4 is 27.4 Å². The van der Waals surface area contributed by atoms with E-state index >= 15 is 0 Å². The highest BCUT2D eigenvalue weighted by molar-refractivity contribution is 7.17. The van der Waals surface area contributed by atoms with E-state index in [1.807, 2.05) is 24.3 Å². The highest BCUT2D eigenvalue weighted by Crippen LogP contribution is 2.40. The molecule has 5 rings (SSSR count). The van der Waals surface area contributed by atoms with E-state index < -0.39 is 0 Å². The van der Waals surface area contributed by atoms with E-state index in [2.05, 4.69) is 39.5 Å². The molecule has 1 aliphatic rings. The Labute approximate surface area is 173 Å². The summed E-state index contributed by atoms with van der Waals surface area (Å²) in [6.45, 7) is 1.97. The minimum Gasteiger partial charge on any atom is -0.396 e. The van der Waals surface area contributed by atoms with E-state index in [1.165, 1.54) is 11.1 Å². The molecular weight excluding hydrogens is 380 g/mol. The molecule has 5 nitrogen and oxygen atoms in total. The Kier molecular flexibility index (Phi) is 4.96. The number of piperidine rings is 1. The highest BCUT2D eigenvalue weighted by atomic mass is 32.1. The molecule has 0 radical (unpaired) electrons. The maximum atomic E-state index is 9.73. The molecule has 1 aromatic carbocycles. The summed E-state index contributed by atoms with van der Waals surface area (Å²) >= 11 is 1.65. The van der Waals surface area contributed by atoms with Crippen LogP contribution in [0.2, 0.25) is 0 Å². The standard InChI is InChI=1S/C23H22N4OS/c28-14-16-7-6-12-27(13-16)22-20-18(17-8-2-1-3-9-17)15-29-23(20)26-21(25-22)19-10-4-5-11-24-19/h1-5,8-11,15-16,28H,6-7,12-14H2/t16-/m0/s1. The summed E-state index contributed by atoms with van der Waals surface area (Å²) in [7, 11) is 0. The minimum absolute atomic E-state index is 0.215. The normalized spacial score (nSPS) is 17.0. The van der Waals surface area contributed by atoms with E-state index in [0.717, 1.165) is 47.7 Å². The van der Waals surface area contributed by atoms with Gasteiger partial charge in [-0.1, -0.05) is 36.4 Å². The summed E-state index contributed by atoms with van der Waals surface area (Å²) in [6, 6.07) is 16.2. The number of fused-ring (bicyclic) bond motifs is 1. The van der Waals surface area contributed by atoms with Gasteiger partial charge in [-0.3, -0.25) is 4.98 Å². The number of aliphatic hydroxyl groups is 1. The quantitative estimate of drug-likeness (QED) is 0.539. The lowest BCUT2D eigenvalue weighted by molar-refractivity contribution is 0.208. The number of thiophene rings is 1. The van der Waals surface area contributed by atoms with Gasteiger partial charge in [-0.15, -0.1) is 11.3 Å². The Morgan fingerprint density at radius 1 is 1.07 bits per heavy atom. The molecule has 1 saturated heterocycles. The van der Waals surface area contributed by atoms with Crippen LogP contribution in [0.25, 0.3) is 32.9 Å². The Balaban J connectivity index is 1.71. The molecule has 1 atom stereocenters. The van der Waals surface area contributed by atoms with Gasteiger partial charge in [0.05, 0.1) is 5.39 Å². The van der Waals surface area contributed by atoms with Crippen molar-refractivity contribution in [2.45, 2.75) is 12.8 Å². The first-order valence-corrected chi connectivity index (χ1v) is 10.8. The van der Waals surface area contributed by atoms with Crippen molar-refractivity contribution in [1.82, 2.24) is 15.0 Å². The van der Waals surface area contributed by atoms with Gasteiger partial charge in [0.25, 0.3) is 0 Å². The van der Waals surface area contributed by atoms with E-state index in [-0.39, 0.29) is 12.5 Å². The van der Waals surface area contributed by atoms with Gasteiger partial charge >= 0.3 is 0 Å². The largest absolute Gasteiger partial charge is 0.396 e. The van der Waals surface area contributed by atoms with Gasteiger partial charge in [0.1, 0.15) is 16.3 Å². The molecule has 0 saturated carbocycles. The molecular formula is C23H22N4OS. The fourth-order valence-electron chi connectivity index (χ4n) is 4.00. The van der Waals surface area contributed by atoms with Crippen LogP contribution < -0.4 is 4.90 Å². The van der Waals surface area contributed by atoms with Gasteiger partial charge in [0.15, 0.2) is 5.82 Å². The molecule has 146 valence electrons. The van der Waals surface area contributed by atoms with Gasteiger partial charge in [0.2, 0.25) is 0 Å². The van der Waals surface area contributed by atoms with Crippen LogP contribution >= 0.6 is 11.3 Å². The van der Waals surface area contributed by atoms with Crippen molar-refractivity contribution in [3.05, 3.63) is 60.1 Å². The summed E-state index contributed by atoms with van der Waals surface area (Å²) in [6.07, 6.45) is 3.89. The summed E-state index contributed by atoms with van der Waals surface area (Å²) in [4.78, 5) is 17.6. The van der Waals surface area contributed by atoms with Crippen LogP contribution in [0.5, 0.6) is 0 Å². The zero-order valence-electron chi connectivity index (χ0n) is 16.0. The van der Waals surface area contributed by atoms with Crippen LogP contribution in [0.1, 0.15) is 12.8 Å². The van der Waals surface area contributed by atoms with Crippen LogP contribution in [0, 0.1) is 5.92 Å². The fourth-order valence-corrected chi connectivity index (χ4v) is 4.94. The van der Waals surface area contributed by atoms with Gasteiger partial charge in [-0.05, 0) is 36.5 Å². The molecule has 0 aliphatic carbocycles. The maximum Gasteiger partial charge on any atom is 0.181 e. The first-order valence-electron chi connectivity index (χ1n) is 9.95. The van der Waals surface area contributed by atoms with Crippen molar-refractivity contribution in [3.8, 4) is 22.6 Å². The molecule has 0 unspecified atom stereocenters. The van der Waals surface area contributed by atoms with E-state index in [0.29, 0.717) is 5.82 Å². The average molecular weight is 403 g/mol. The third-order valence-corrected chi connectivity index (χ3v) is 6.34. The van der Waals surface area contributed by atoms with Gasteiger partial charge in [-0.25, -0.2) is 9.97 Å². The molecule has 4 aromatic rings. The number of rotatable bonds is 4. The number of hydrogen-bond donors (Lipinski definition) is 1. The molecule has 1 fully saturated rings. The number of anilines is 1. The van der Waals surface area contributed by atoms with Crippen LogP contribution in [0.4, 0.5) is 5.82 Å². The topological polar surface area (TPSA) is 62.1 Å². The van der Waals surface area contributed by atoms with Gasteiger partial charge in [0, 0.05) is 36.8 Å². The average Bonchev–Trinajstić information content (AvgIpc) is 3.24. The molecule has 29 heavy (non-hydrogen) atoms. The van der Waals surface area contributed by atoms with Crippen molar-refractivity contribution in [2.75, 3.05) is 24.6 Å². The molecule has 0 bridgehead atoms. The monoisotopic (exact) mass is 402 g/mol. The molecule has 1 N–H and O–H groups in total. The zero-order chi connectivity index (χ0) is 19.6. The predicted octanol–water partition coefficient (Wildman–Crippen LogP) is 4.63. The smallest absolute Gasteiger partial charge is 0.181 e. The Hall–Kier alpha value is -2.83. The molecule has 0 spiro atoms. The van der Waals surface area contributed by atoms with Crippen LogP contribution in [0.15, 0.2) is 60.1 Å². The number of pyridine rings is 1. The third-order valence-electron chi connectivity index (χ3n) is 5.47. The maximum absolute atomic E-state index is 9.73. The van der Waals surface area contributed by atoms with Crippen molar-refractivity contribution in [1.29, 1.82) is 0 Å². The SMILES string of the molecule is OC[C@H]1CCCN(c2nc(-c3ccccn3)nc3scc(-c4ccccc4)c23)C1. The summed E-state index contributed by atoms with van der Waals surface area (Å²) in [5.41, 5.74) is 3.12. The van der Waals surface area contributed by atoms with Crippen LogP contribution in [0.3, 0.4) is 0 Å². The molecule has 0 amide bonds. The second-order valence-electron chi connectivity index (χ2n) is 7.42. The fraction of sp³-hybridized carbons (Fsp3) is 0.261. The van der Waals surface area contributed by atoms with Crippen molar-refractivity contribution in [3.63, 3.8) is 0 Å². The van der Waals surface area contributed by atoms with Gasteiger partial charge in [-0.2, -0.15) is 0 Å². The summed E-state index contributed by atoms with van der Waals surface area (Å²) in [5.74, 6) is 1.89. The van der Waals surface area contributed by atoms with Crippen LogP contribution in [-0.2, 0) is 0 Å². The second kappa shape index (κ2) is 7.89. The van der Waals surface area contributed by atoms with Crippen molar-refractivity contribution in [2.24, 2.45) is 5.92 Å². The molecule has 4 heterocycles. The number of benzene rings is 1. The number of hydrogen-bond acceptors (Lipinski definition) is 6. The lowest BCUT2D eigenvalue weighted by Gasteiger charge is -2.33. The molecule has 3 aromatic heterocycles. The van der Waals surface area contributed by atoms with E-state index in [9.17, 15) is 5.11 Å². The first-order chi connectivity index (χ1) is 14.3. The lowest BCUT2D eigenvalue weighted by atomic mass is 9.98. The minimum atomic E-state index is 0.215. The number of nitrogens with zero attached hydrogens (tertiary/aromatic N) is 4. The predicted molar refractivity (Wildman–Crippen MR) is 118 cm³/mol. The van der Waals surface area contributed by atoms with E-state index in [1.54, 1.807) is 17.5 Å². The zero-order valence-corrected chi connectivity index (χ0v) is 16.8. The third kappa shape index (κ3) is 3.50. The first kappa shape index (κ1) is 18.2. The highest BCUT2D eigenvalue weighted by Gasteiger charge is 2.25. The molecule has 1 aliphatic heterocycles. The molecule has 6 heteroatoms. The Bertz CT molecular complexity index is 1110. The van der Waals surface area contributed by atoms with Gasteiger partial charge < -0.3 is 10.0 Å². The van der Waals surface area contributed by atoms with E-state index in [4.69, 9.17) is 9.97 Å². The summed E-state index contributed by atoms with van der Waals surface area (Å²) in [5, 5.41) is 13.0. The summed E-state index contributed by atoms with van der Waals surface area (Å²) < 4.78 is 0. The lowest BCUT2D eigenvalue weighted by Crippen LogP contribution is -2.37. The number of aromatic nitrogens is 3. The second-order valence-corrected chi connectivity index (χ2v) is 8.28. The Morgan fingerprint density at radius 2 is 1.93 bits per heavy atom. The Morgan fingerprint density at radius 3 is 2.72 bits per heavy atom. The van der Waals surface area contributed by atoms with Crippen LogP contribution in [-0.4, -0.2) is 39.8 Å². The number of aliphatic hydroxyl groups excluding tert-OH is 1. The van der Waals surface area contributed by atoms with Crippen molar-refractivity contribution < 1.29 is 5.11 Å².